The van der Waals surface area contributed by atoms with Crippen LogP contribution < -0.4 is 10.2 Å². The molecule has 1 unspecified atom stereocenters. The summed E-state index contributed by atoms with van der Waals surface area (Å²) < 4.78 is 13.0. The van der Waals surface area contributed by atoms with Gasteiger partial charge in [0.05, 0.1) is 6.04 Å². The largest absolute Gasteiger partial charge is 0.321 e. The standard InChI is InChI=1S/C20H23FN2O/c1-2-15-5-9-18(10-6-15)22-20(24)14-23(19-11-12-19)13-16-3-7-17(21)8-4-16/h3-10,19H,2,11-14H2,1H3,(H,22,24)/p+1. The number of hydrogen-bond acceptors (Lipinski definition) is 1. The Morgan fingerprint density at radius 3 is 2.29 bits per heavy atom. The van der Waals surface area contributed by atoms with Gasteiger partial charge in [-0.25, -0.2) is 4.39 Å². The Kier molecular flexibility index (Phi) is 5.26. The van der Waals surface area contributed by atoms with Gasteiger partial charge in [0.15, 0.2) is 6.54 Å². The lowest BCUT2D eigenvalue weighted by atomic mass is 10.1. The molecule has 1 fully saturated rings. The van der Waals surface area contributed by atoms with Crippen molar-refractivity contribution in [3.63, 3.8) is 0 Å². The highest BCUT2D eigenvalue weighted by Crippen LogP contribution is 2.16. The summed E-state index contributed by atoms with van der Waals surface area (Å²) in [6.07, 6.45) is 3.31. The molecule has 2 aromatic carbocycles. The molecule has 1 atom stereocenters. The number of rotatable bonds is 7. The lowest BCUT2D eigenvalue weighted by molar-refractivity contribution is -0.916. The maximum atomic E-state index is 13.0. The van der Waals surface area contributed by atoms with Crippen LogP contribution in [0.5, 0.6) is 0 Å². The van der Waals surface area contributed by atoms with Gasteiger partial charge in [-0.2, -0.15) is 0 Å². The summed E-state index contributed by atoms with van der Waals surface area (Å²) in [7, 11) is 0. The van der Waals surface area contributed by atoms with Crippen LogP contribution in [0.2, 0.25) is 0 Å². The molecule has 0 saturated heterocycles. The lowest BCUT2D eigenvalue weighted by Crippen LogP contribution is -3.13. The van der Waals surface area contributed by atoms with E-state index in [1.165, 1.54) is 22.6 Å². The van der Waals surface area contributed by atoms with Gasteiger partial charge >= 0.3 is 0 Å². The van der Waals surface area contributed by atoms with Crippen molar-refractivity contribution in [3.05, 3.63) is 65.5 Å². The summed E-state index contributed by atoms with van der Waals surface area (Å²) in [5, 5.41) is 2.98. The molecular weight excluding hydrogens is 303 g/mol. The summed E-state index contributed by atoms with van der Waals surface area (Å²) in [5.41, 5.74) is 3.17. The van der Waals surface area contributed by atoms with E-state index in [1.807, 2.05) is 24.3 Å². The molecule has 126 valence electrons. The van der Waals surface area contributed by atoms with Gasteiger partial charge in [0.25, 0.3) is 5.91 Å². The predicted octanol–water partition coefficient (Wildman–Crippen LogP) is 2.57. The molecule has 0 aromatic heterocycles. The summed E-state index contributed by atoms with van der Waals surface area (Å²) in [6, 6.07) is 15.1. The smallest absolute Gasteiger partial charge is 0.279 e. The van der Waals surface area contributed by atoms with Crippen LogP contribution in [0.25, 0.3) is 0 Å². The van der Waals surface area contributed by atoms with Crippen LogP contribution >= 0.6 is 0 Å². The highest BCUT2D eigenvalue weighted by atomic mass is 19.1. The maximum Gasteiger partial charge on any atom is 0.279 e. The van der Waals surface area contributed by atoms with E-state index in [0.717, 1.165) is 37.1 Å². The van der Waals surface area contributed by atoms with Gasteiger partial charge in [0, 0.05) is 24.1 Å². The highest BCUT2D eigenvalue weighted by molar-refractivity contribution is 5.91. The first-order valence-electron chi connectivity index (χ1n) is 8.62. The molecule has 0 spiro atoms. The number of hydrogen-bond donors (Lipinski definition) is 2. The Labute approximate surface area is 142 Å². The molecule has 1 saturated carbocycles. The molecule has 3 nitrogen and oxygen atoms in total. The number of nitrogens with one attached hydrogen (secondary N) is 2. The monoisotopic (exact) mass is 327 g/mol. The zero-order chi connectivity index (χ0) is 16.9. The van der Waals surface area contributed by atoms with E-state index in [0.29, 0.717) is 12.6 Å². The van der Waals surface area contributed by atoms with Crippen LogP contribution in [0.15, 0.2) is 48.5 Å². The van der Waals surface area contributed by atoms with Gasteiger partial charge in [-0.1, -0.05) is 31.2 Å². The Bertz CT molecular complexity index is 678. The quantitative estimate of drug-likeness (QED) is 0.805. The first-order chi connectivity index (χ1) is 11.6. The third-order valence-corrected chi connectivity index (χ3v) is 4.53. The predicted molar refractivity (Wildman–Crippen MR) is 93.4 cm³/mol. The molecule has 4 heteroatoms. The minimum Gasteiger partial charge on any atom is -0.321 e. The Hall–Kier alpha value is -2.20. The highest BCUT2D eigenvalue weighted by Gasteiger charge is 2.34. The molecule has 0 bridgehead atoms. The third-order valence-electron chi connectivity index (χ3n) is 4.53. The number of aryl methyl sites for hydroxylation is 1. The van der Waals surface area contributed by atoms with Crippen molar-refractivity contribution in [2.24, 2.45) is 0 Å². The van der Waals surface area contributed by atoms with E-state index in [4.69, 9.17) is 0 Å². The van der Waals surface area contributed by atoms with Crippen molar-refractivity contribution in [2.75, 3.05) is 11.9 Å². The summed E-state index contributed by atoms with van der Waals surface area (Å²) in [6.45, 7) is 3.31. The van der Waals surface area contributed by atoms with Gasteiger partial charge in [0.1, 0.15) is 12.4 Å². The van der Waals surface area contributed by atoms with Crippen molar-refractivity contribution < 1.29 is 14.1 Å². The number of amides is 1. The summed E-state index contributed by atoms with van der Waals surface area (Å²) in [5.74, 6) is -0.191. The molecule has 0 radical (unpaired) electrons. The Morgan fingerprint density at radius 2 is 1.71 bits per heavy atom. The molecule has 1 amide bonds. The lowest BCUT2D eigenvalue weighted by Gasteiger charge is -2.19. The summed E-state index contributed by atoms with van der Waals surface area (Å²) in [4.78, 5) is 13.6. The number of benzene rings is 2. The molecule has 3 rings (SSSR count). The Balaban J connectivity index is 1.58. The fourth-order valence-electron chi connectivity index (χ4n) is 2.94. The van der Waals surface area contributed by atoms with E-state index in [-0.39, 0.29) is 11.7 Å². The molecule has 1 aliphatic rings. The van der Waals surface area contributed by atoms with E-state index < -0.39 is 0 Å². The van der Waals surface area contributed by atoms with Crippen molar-refractivity contribution in [3.8, 4) is 0 Å². The van der Waals surface area contributed by atoms with Gasteiger partial charge in [0.2, 0.25) is 0 Å². The van der Waals surface area contributed by atoms with Crippen molar-refractivity contribution in [2.45, 2.75) is 38.8 Å². The molecule has 2 N–H and O–H groups in total. The molecule has 0 heterocycles. The maximum absolute atomic E-state index is 13.0. The zero-order valence-electron chi connectivity index (χ0n) is 14.0. The van der Waals surface area contributed by atoms with Crippen LogP contribution in [0.1, 0.15) is 30.9 Å². The second-order valence-electron chi connectivity index (χ2n) is 6.51. The molecular formula is C20H24FN2O+. The van der Waals surface area contributed by atoms with Gasteiger partial charge < -0.3 is 10.2 Å². The van der Waals surface area contributed by atoms with Gasteiger partial charge in [-0.3, -0.25) is 4.79 Å². The average Bonchev–Trinajstić information content (AvgIpc) is 3.42. The van der Waals surface area contributed by atoms with Crippen molar-refractivity contribution >= 4 is 11.6 Å². The second kappa shape index (κ2) is 7.58. The normalized spacial score (nSPS) is 15.1. The molecule has 1 aliphatic carbocycles. The first-order valence-corrected chi connectivity index (χ1v) is 8.62. The number of carbonyl (C=O) groups is 1. The van der Waals surface area contributed by atoms with Gasteiger partial charge in [-0.15, -0.1) is 0 Å². The number of halogens is 1. The fraction of sp³-hybridized carbons (Fsp3) is 0.350. The minimum absolute atomic E-state index is 0.0308. The Morgan fingerprint density at radius 1 is 1.08 bits per heavy atom. The van der Waals surface area contributed by atoms with Crippen LogP contribution in [-0.4, -0.2) is 18.5 Å². The number of anilines is 1. The van der Waals surface area contributed by atoms with Crippen LogP contribution in [0.4, 0.5) is 10.1 Å². The van der Waals surface area contributed by atoms with E-state index >= 15 is 0 Å². The van der Waals surface area contributed by atoms with Crippen molar-refractivity contribution in [1.82, 2.24) is 0 Å². The first kappa shape index (κ1) is 16.7. The average molecular weight is 327 g/mol. The van der Waals surface area contributed by atoms with Crippen LogP contribution in [0, 0.1) is 5.82 Å². The molecule has 24 heavy (non-hydrogen) atoms. The van der Waals surface area contributed by atoms with Crippen molar-refractivity contribution in [1.29, 1.82) is 0 Å². The van der Waals surface area contributed by atoms with E-state index in [2.05, 4.69) is 12.2 Å². The molecule has 0 aliphatic heterocycles. The van der Waals surface area contributed by atoms with Gasteiger partial charge in [-0.05, 0) is 36.2 Å². The number of quaternary nitrogens is 1. The fourth-order valence-corrected chi connectivity index (χ4v) is 2.94. The van der Waals surface area contributed by atoms with E-state index in [9.17, 15) is 9.18 Å². The summed E-state index contributed by atoms with van der Waals surface area (Å²) >= 11 is 0. The zero-order valence-corrected chi connectivity index (χ0v) is 14.0. The number of carbonyl (C=O) groups excluding carboxylic acids is 1. The van der Waals surface area contributed by atoms with Crippen LogP contribution in [-0.2, 0) is 17.8 Å². The molecule has 2 aromatic rings. The third kappa shape index (κ3) is 4.65. The SMILES string of the molecule is CCc1ccc(NC(=O)C[NH+](Cc2ccc(F)cc2)C2CC2)cc1. The topological polar surface area (TPSA) is 33.5 Å². The second-order valence-corrected chi connectivity index (χ2v) is 6.51. The van der Waals surface area contributed by atoms with E-state index in [1.54, 1.807) is 12.1 Å². The van der Waals surface area contributed by atoms with Crippen LogP contribution in [0.3, 0.4) is 0 Å². The minimum atomic E-state index is -0.222.